The van der Waals surface area contributed by atoms with E-state index in [0.717, 1.165) is 28.9 Å². The molecule has 2 amide bonds. The van der Waals surface area contributed by atoms with Crippen LogP contribution in [0.1, 0.15) is 49.5 Å². The Morgan fingerprint density at radius 1 is 1.27 bits per heavy atom. The fourth-order valence-electron chi connectivity index (χ4n) is 3.75. The Hall–Kier alpha value is -2.70. The topological polar surface area (TPSA) is 85.5 Å². The Morgan fingerprint density at radius 2 is 2.08 bits per heavy atom. The molecule has 136 valence electrons. The van der Waals surface area contributed by atoms with Crippen molar-refractivity contribution >= 4 is 12.0 Å². The number of nitrogens with zero attached hydrogens (tertiary/aromatic N) is 3. The lowest BCUT2D eigenvalue weighted by Gasteiger charge is -2.31. The SMILES string of the molecule is CC(C)Cc1noc(CN2C(=O)OC3(CCCc4ccccc43)C2=O)n1. The second-order valence-corrected chi connectivity index (χ2v) is 7.30. The van der Waals surface area contributed by atoms with Gasteiger partial charge in [-0.1, -0.05) is 43.3 Å². The molecule has 1 aliphatic carbocycles. The fraction of sp³-hybridized carbons (Fsp3) is 0.474. The number of rotatable bonds is 4. The zero-order valence-electron chi connectivity index (χ0n) is 14.9. The van der Waals surface area contributed by atoms with Gasteiger partial charge in [0, 0.05) is 18.4 Å². The number of fused-ring (bicyclic) bond motifs is 2. The predicted molar refractivity (Wildman–Crippen MR) is 90.9 cm³/mol. The number of imide groups is 1. The van der Waals surface area contributed by atoms with Crippen LogP contribution in [0.2, 0.25) is 0 Å². The summed E-state index contributed by atoms with van der Waals surface area (Å²) in [4.78, 5) is 30.9. The van der Waals surface area contributed by atoms with Crippen LogP contribution < -0.4 is 0 Å². The maximum atomic E-state index is 13.1. The first-order valence-corrected chi connectivity index (χ1v) is 8.94. The van der Waals surface area contributed by atoms with E-state index in [9.17, 15) is 9.59 Å². The van der Waals surface area contributed by atoms with Gasteiger partial charge in [-0.05, 0) is 24.3 Å². The van der Waals surface area contributed by atoms with Gasteiger partial charge in [-0.25, -0.2) is 9.69 Å². The highest BCUT2D eigenvalue weighted by atomic mass is 16.6. The minimum absolute atomic E-state index is 0.0628. The molecule has 2 heterocycles. The summed E-state index contributed by atoms with van der Waals surface area (Å²) >= 11 is 0. The minimum atomic E-state index is -1.22. The Labute approximate surface area is 151 Å². The Balaban J connectivity index is 1.60. The van der Waals surface area contributed by atoms with E-state index in [1.54, 1.807) is 0 Å². The second-order valence-electron chi connectivity index (χ2n) is 7.30. The molecule has 1 aliphatic heterocycles. The van der Waals surface area contributed by atoms with Crippen LogP contribution >= 0.6 is 0 Å². The second kappa shape index (κ2) is 6.23. The van der Waals surface area contributed by atoms with Crippen LogP contribution in [0.3, 0.4) is 0 Å². The molecule has 1 fully saturated rings. The summed E-state index contributed by atoms with van der Waals surface area (Å²) < 4.78 is 10.8. The molecule has 7 heteroatoms. The number of carbonyl (C=O) groups is 2. The number of amides is 2. The predicted octanol–water partition coefficient (Wildman–Crippen LogP) is 2.98. The number of ether oxygens (including phenoxy) is 1. The Kier molecular flexibility index (Phi) is 4.01. The van der Waals surface area contributed by atoms with E-state index in [1.807, 2.05) is 24.3 Å². The van der Waals surface area contributed by atoms with Crippen LogP contribution in [0.4, 0.5) is 4.79 Å². The zero-order valence-corrected chi connectivity index (χ0v) is 14.9. The molecule has 1 saturated heterocycles. The summed E-state index contributed by atoms with van der Waals surface area (Å²) in [5, 5.41) is 3.91. The van der Waals surface area contributed by atoms with Crippen molar-refractivity contribution in [1.29, 1.82) is 0 Å². The summed E-state index contributed by atoms with van der Waals surface area (Å²) in [5.74, 6) is 0.860. The van der Waals surface area contributed by atoms with E-state index in [0.29, 0.717) is 24.6 Å². The van der Waals surface area contributed by atoms with E-state index < -0.39 is 11.7 Å². The van der Waals surface area contributed by atoms with E-state index in [4.69, 9.17) is 9.26 Å². The first-order chi connectivity index (χ1) is 12.5. The number of carbonyl (C=O) groups excluding carboxylic acids is 2. The molecule has 4 rings (SSSR count). The average Bonchev–Trinajstić information content (AvgIpc) is 3.13. The average molecular weight is 355 g/mol. The smallest absolute Gasteiger partial charge is 0.418 e. The third kappa shape index (κ3) is 2.67. The monoisotopic (exact) mass is 355 g/mol. The van der Waals surface area contributed by atoms with E-state index in [2.05, 4.69) is 24.0 Å². The lowest BCUT2D eigenvalue weighted by Crippen LogP contribution is -2.41. The van der Waals surface area contributed by atoms with Gasteiger partial charge >= 0.3 is 6.09 Å². The molecule has 0 saturated carbocycles. The Morgan fingerprint density at radius 3 is 2.88 bits per heavy atom. The highest BCUT2D eigenvalue weighted by Gasteiger charge is 2.56. The first-order valence-electron chi connectivity index (χ1n) is 8.94. The van der Waals surface area contributed by atoms with Crippen LogP contribution in [0.15, 0.2) is 28.8 Å². The highest BCUT2D eigenvalue weighted by Crippen LogP contribution is 2.44. The van der Waals surface area contributed by atoms with Crippen molar-refractivity contribution in [3.8, 4) is 0 Å². The summed E-state index contributed by atoms with van der Waals surface area (Å²) in [5.41, 5.74) is 0.629. The van der Waals surface area contributed by atoms with Crippen LogP contribution in [0, 0.1) is 5.92 Å². The van der Waals surface area contributed by atoms with Gasteiger partial charge in [0.25, 0.3) is 5.91 Å². The van der Waals surface area contributed by atoms with E-state index >= 15 is 0 Å². The maximum absolute atomic E-state index is 13.1. The molecule has 0 bridgehead atoms. The molecule has 1 atom stereocenters. The number of aryl methyl sites for hydroxylation is 1. The number of hydrogen-bond acceptors (Lipinski definition) is 6. The molecule has 1 spiro atoms. The highest BCUT2D eigenvalue weighted by molar-refractivity contribution is 6.03. The van der Waals surface area contributed by atoms with Gasteiger partial charge in [-0.15, -0.1) is 0 Å². The molecule has 26 heavy (non-hydrogen) atoms. The number of benzene rings is 1. The van der Waals surface area contributed by atoms with Crippen molar-refractivity contribution in [3.63, 3.8) is 0 Å². The molecule has 1 aromatic carbocycles. The fourth-order valence-corrected chi connectivity index (χ4v) is 3.75. The lowest BCUT2D eigenvalue weighted by atomic mass is 9.78. The first kappa shape index (κ1) is 16.8. The van der Waals surface area contributed by atoms with Gasteiger partial charge in [0.1, 0.15) is 6.54 Å². The summed E-state index contributed by atoms with van der Waals surface area (Å²) in [6.45, 7) is 4.05. The lowest BCUT2D eigenvalue weighted by molar-refractivity contribution is -0.139. The number of aromatic nitrogens is 2. The van der Waals surface area contributed by atoms with Gasteiger partial charge in [-0.3, -0.25) is 4.79 Å². The zero-order chi connectivity index (χ0) is 18.3. The molecule has 7 nitrogen and oxygen atoms in total. The van der Waals surface area contributed by atoms with Crippen molar-refractivity contribution in [2.45, 2.75) is 51.7 Å². The molecule has 1 unspecified atom stereocenters. The van der Waals surface area contributed by atoms with Crippen LogP contribution in [-0.4, -0.2) is 27.0 Å². The van der Waals surface area contributed by atoms with Crippen molar-refractivity contribution in [1.82, 2.24) is 15.0 Å². The van der Waals surface area contributed by atoms with E-state index in [-0.39, 0.29) is 18.3 Å². The molecular formula is C19H21N3O4. The Bertz CT molecular complexity index is 860. The van der Waals surface area contributed by atoms with Gasteiger partial charge < -0.3 is 9.26 Å². The largest absolute Gasteiger partial charge is 0.427 e. The third-order valence-electron chi connectivity index (χ3n) is 4.89. The molecule has 1 aromatic heterocycles. The van der Waals surface area contributed by atoms with Gasteiger partial charge in [0.2, 0.25) is 11.5 Å². The summed E-state index contributed by atoms with van der Waals surface area (Å²) in [7, 11) is 0. The third-order valence-corrected chi connectivity index (χ3v) is 4.89. The summed E-state index contributed by atoms with van der Waals surface area (Å²) in [6.07, 6.45) is 2.19. The molecule has 2 aliphatic rings. The summed E-state index contributed by atoms with van der Waals surface area (Å²) in [6, 6.07) is 7.66. The van der Waals surface area contributed by atoms with Crippen molar-refractivity contribution in [2.24, 2.45) is 5.92 Å². The van der Waals surface area contributed by atoms with Gasteiger partial charge in [-0.2, -0.15) is 4.98 Å². The van der Waals surface area contributed by atoms with Crippen molar-refractivity contribution in [2.75, 3.05) is 0 Å². The van der Waals surface area contributed by atoms with Crippen molar-refractivity contribution < 1.29 is 18.8 Å². The number of hydrogen-bond donors (Lipinski definition) is 0. The van der Waals surface area contributed by atoms with Crippen LogP contribution in [0.5, 0.6) is 0 Å². The molecular weight excluding hydrogens is 334 g/mol. The van der Waals surface area contributed by atoms with Gasteiger partial charge in [0.05, 0.1) is 0 Å². The van der Waals surface area contributed by atoms with E-state index in [1.165, 1.54) is 0 Å². The van der Waals surface area contributed by atoms with Crippen LogP contribution in [-0.2, 0) is 34.5 Å². The molecule has 0 radical (unpaired) electrons. The standard InChI is InChI=1S/C19H21N3O4/c1-12(2)10-15-20-16(26-21-15)11-22-17(23)19(25-18(22)24)9-5-7-13-6-3-4-8-14(13)19/h3-4,6,8,12H,5,7,9-11H2,1-2H3. The normalized spacial score (nSPS) is 22.2. The maximum Gasteiger partial charge on any atom is 0.418 e. The minimum Gasteiger partial charge on any atom is -0.427 e. The van der Waals surface area contributed by atoms with Crippen LogP contribution in [0.25, 0.3) is 0 Å². The molecule has 2 aromatic rings. The quantitative estimate of drug-likeness (QED) is 0.838. The van der Waals surface area contributed by atoms with Gasteiger partial charge in [0.15, 0.2) is 5.82 Å². The molecule has 0 N–H and O–H groups in total. The van der Waals surface area contributed by atoms with Crippen molar-refractivity contribution in [3.05, 3.63) is 47.1 Å².